The van der Waals surface area contributed by atoms with Crippen LogP contribution in [-0.2, 0) is 9.53 Å². The second-order valence-corrected chi connectivity index (χ2v) is 3.91. The van der Waals surface area contributed by atoms with Gasteiger partial charge in [0.1, 0.15) is 5.75 Å². The van der Waals surface area contributed by atoms with Gasteiger partial charge in [0.2, 0.25) is 6.17 Å². The topological polar surface area (TPSA) is 98.6 Å². The highest BCUT2D eigenvalue weighted by Gasteiger charge is 2.31. The molecule has 5 nitrogen and oxygen atoms in total. The summed E-state index contributed by atoms with van der Waals surface area (Å²) in [5.74, 6) is -1.35. The molecule has 2 atom stereocenters. The maximum atomic E-state index is 13.8. The number of aryl methyl sites for hydroxylation is 1. The summed E-state index contributed by atoms with van der Waals surface area (Å²) in [6, 6.07) is 1.77. The normalized spacial score (nSPS) is 14.0. The van der Waals surface area contributed by atoms with Crippen molar-refractivity contribution in [1.29, 1.82) is 0 Å². The van der Waals surface area contributed by atoms with Gasteiger partial charge >= 0.3 is 5.97 Å². The molecule has 1 rings (SSSR count). The Hall–Kier alpha value is -1.82. The first-order chi connectivity index (χ1) is 8.40. The van der Waals surface area contributed by atoms with Crippen molar-refractivity contribution in [2.75, 3.05) is 12.3 Å². The van der Waals surface area contributed by atoms with E-state index in [1.807, 2.05) is 0 Å². The molecular formula is C12H17FN2O3. The molecule has 0 saturated carbocycles. The Morgan fingerprint density at radius 3 is 2.72 bits per heavy atom. The van der Waals surface area contributed by atoms with Gasteiger partial charge in [0.05, 0.1) is 18.3 Å². The van der Waals surface area contributed by atoms with Crippen LogP contribution in [0.4, 0.5) is 10.1 Å². The van der Waals surface area contributed by atoms with Crippen molar-refractivity contribution < 1.29 is 19.0 Å². The van der Waals surface area contributed by atoms with Crippen LogP contribution in [0.25, 0.3) is 0 Å². The highest BCUT2D eigenvalue weighted by atomic mass is 19.1. The maximum absolute atomic E-state index is 13.8. The summed E-state index contributed by atoms with van der Waals surface area (Å²) in [6.45, 7) is 3.28. The smallest absolute Gasteiger partial charge is 0.342 e. The van der Waals surface area contributed by atoms with Crippen LogP contribution in [0.3, 0.4) is 0 Å². The fraction of sp³-hybridized carbons (Fsp3) is 0.417. The van der Waals surface area contributed by atoms with Gasteiger partial charge in [-0.25, -0.2) is 9.18 Å². The maximum Gasteiger partial charge on any atom is 0.342 e. The molecule has 0 fully saturated rings. The SMILES string of the molecule is CCOC(=O)C(F)[C@@H](N)c1c(C)ccc(N)c1O. The quantitative estimate of drug-likeness (QED) is 0.427. The van der Waals surface area contributed by atoms with Gasteiger partial charge in [0, 0.05) is 5.56 Å². The second kappa shape index (κ2) is 5.68. The van der Waals surface area contributed by atoms with E-state index in [4.69, 9.17) is 11.5 Å². The molecule has 0 aliphatic rings. The Kier molecular flexibility index (Phi) is 4.49. The average molecular weight is 256 g/mol. The predicted octanol–water partition coefficient (Wildman–Crippen LogP) is 1.18. The van der Waals surface area contributed by atoms with E-state index in [0.29, 0.717) is 5.56 Å². The van der Waals surface area contributed by atoms with E-state index in [9.17, 15) is 14.3 Å². The summed E-state index contributed by atoms with van der Waals surface area (Å²) >= 11 is 0. The van der Waals surface area contributed by atoms with Gasteiger partial charge in [-0.05, 0) is 25.5 Å². The first-order valence-corrected chi connectivity index (χ1v) is 5.54. The number of phenolic OH excluding ortho intramolecular Hbond substituents is 1. The third kappa shape index (κ3) is 2.70. The molecule has 1 aromatic rings. The molecular weight excluding hydrogens is 239 g/mol. The minimum atomic E-state index is -2.05. The van der Waals surface area contributed by atoms with E-state index in [-0.39, 0.29) is 23.6 Å². The molecule has 5 N–H and O–H groups in total. The Balaban J connectivity index is 3.07. The molecule has 0 spiro atoms. The van der Waals surface area contributed by atoms with Crippen LogP contribution in [0, 0.1) is 6.92 Å². The first kappa shape index (κ1) is 14.2. The van der Waals surface area contributed by atoms with Gasteiger partial charge < -0.3 is 21.3 Å². The molecule has 0 bridgehead atoms. The number of nitrogen functional groups attached to an aromatic ring is 1. The molecule has 1 aromatic carbocycles. The first-order valence-electron chi connectivity index (χ1n) is 5.54. The van der Waals surface area contributed by atoms with Crippen molar-refractivity contribution in [2.24, 2.45) is 5.73 Å². The number of hydrogen-bond acceptors (Lipinski definition) is 5. The third-order valence-electron chi connectivity index (χ3n) is 2.63. The zero-order valence-electron chi connectivity index (χ0n) is 10.3. The summed E-state index contributed by atoms with van der Waals surface area (Å²) in [6.07, 6.45) is -2.05. The van der Waals surface area contributed by atoms with Crippen molar-refractivity contribution in [1.82, 2.24) is 0 Å². The lowest BCUT2D eigenvalue weighted by atomic mass is 9.96. The summed E-state index contributed by atoms with van der Waals surface area (Å²) < 4.78 is 18.4. The number of anilines is 1. The zero-order valence-corrected chi connectivity index (χ0v) is 10.3. The zero-order chi connectivity index (χ0) is 13.9. The number of aromatic hydroxyl groups is 1. The van der Waals surface area contributed by atoms with E-state index < -0.39 is 18.2 Å². The molecule has 0 aliphatic heterocycles. The minimum Gasteiger partial charge on any atom is -0.505 e. The molecule has 0 radical (unpaired) electrons. The van der Waals surface area contributed by atoms with E-state index in [1.54, 1.807) is 19.9 Å². The van der Waals surface area contributed by atoms with Crippen LogP contribution in [0.5, 0.6) is 5.75 Å². The van der Waals surface area contributed by atoms with Crippen molar-refractivity contribution >= 4 is 11.7 Å². The Bertz CT molecular complexity index is 451. The molecule has 18 heavy (non-hydrogen) atoms. The second-order valence-electron chi connectivity index (χ2n) is 3.91. The van der Waals surface area contributed by atoms with Crippen LogP contribution in [0.1, 0.15) is 24.1 Å². The van der Waals surface area contributed by atoms with Crippen LogP contribution >= 0.6 is 0 Å². The molecule has 0 aromatic heterocycles. The number of carbonyl (C=O) groups excluding carboxylic acids is 1. The number of hydrogen-bond donors (Lipinski definition) is 3. The number of esters is 1. The van der Waals surface area contributed by atoms with Gasteiger partial charge in [-0.3, -0.25) is 0 Å². The molecule has 1 unspecified atom stereocenters. The van der Waals surface area contributed by atoms with Crippen LogP contribution in [0.2, 0.25) is 0 Å². The Labute approximate surface area is 105 Å². The number of ether oxygens (including phenoxy) is 1. The van der Waals surface area contributed by atoms with Crippen molar-refractivity contribution in [3.63, 3.8) is 0 Å². The van der Waals surface area contributed by atoms with E-state index in [1.165, 1.54) is 6.07 Å². The Morgan fingerprint density at radius 2 is 2.17 bits per heavy atom. The van der Waals surface area contributed by atoms with Crippen LogP contribution < -0.4 is 11.5 Å². The standard InChI is InChI=1S/C12H17FN2O3/c1-3-18-12(17)9(13)10(15)8-6(2)4-5-7(14)11(8)16/h4-5,9-10,16H,3,14-15H2,1-2H3/t9?,10-/m0/s1. The fourth-order valence-corrected chi connectivity index (χ4v) is 1.66. The lowest BCUT2D eigenvalue weighted by Gasteiger charge is -2.19. The summed E-state index contributed by atoms with van der Waals surface area (Å²) in [4.78, 5) is 11.3. The molecule has 0 amide bonds. The van der Waals surface area contributed by atoms with Gasteiger partial charge in [-0.1, -0.05) is 6.07 Å². The molecule has 6 heteroatoms. The van der Waals surface area contributed by atoms with Gasteiger partial charge in [-0.2, -0.15) is 0 Å². The third-order valence-corrected chi connectivity index (χ3v) is 2.63. The molecule has 0 heterocycles. The molecule has 0 saturated heterocycles. The largest absolute Gasteiger partial charge is 0.505 e. The number of rotatable bonds is 4. The molecule has 100 valence electrons. The van der Waals surface area contributed by atoms with Crippen LogP contribution in [-0.4, -0.2) is 23.9 Å². The van der Waals surface area contributed by atoms with Crippen molar-refractivity contribution in [3.05, 3.63) is 23.3 Å². The van der Waals surface area contributed by atoms with E-state index >= 15 is 0 Å². The lowest BCUT2D eigenvalue weighted by molar-refractivity contribution is -0.149. The highest BCUT2D eigenvalue weighted by molar-refractivity contribution is 5.76. The van der Waals surface area contributed by atoms with Crippen molar-refractivity contribution in [2.45, 2.75) is 26.1 Å². The number of nitrogens with two attached hydrogens (primary N) is 2. The molecule has 0 aliphatic carbocycles. The van der Waals surface area contributed by atoms with E-state index in [0.717, 1.165) is 0 Å². The number of alkyl halides is 1. The van der Waals surface area contributed by atoms with Gasteiger partial charge in [-0.15, -0.1) is 0 Å². The number of halogens is 1. The highest BCUT2D eigenvalue weighted by Crippen LogP contribution is 2.34. The predicted molar refractivity (Wildman–Crippen MR) is 65.7 cm³/mol. The summed E-state index contributed by atoms with van der Waals surface area (Å²) in [5.41, 5.74) is 11.9. The monoisotopic (exact) mass is 256 g/mol. The number of phenols is 1. The average Bonchev–Trinajstić information content (AvgIpc) is 2.33. The Morgan fingerprint density at radius 1 is 1.56 bits per heavy atom. The fourth-order valence-electron chi connectivity index (χ4n) is 1.66. The summed E-state index contributed by atoms with van der Waals surface area (Å²) in [7, 11) is 0. The van der Waals surface area contributed by atoms with Crippen molar-refractivity contribution in [3.8, 4) is 5.75 Å². The summed E-state index contributed by atoms with van der Waals surface area (Å²) in [5, 5.41) is 9.79. The van der Waals surface area contributed by atoms with Crippen LogP contribution in [0.15, 0.2) is 12.1 Å². The number of carbonyl (C=O) groups is 1. The van der Waals surface area contributed by atoms with Gasteiger partial charge in [0.25, 0.3) is 0 Å². The van der Waals surface area contributed by atoms with E-state index in [2.05, 4.69) is 4.74 Å². The number of benzene rings is 1. The lowest BCUT2D eigenvalue weighted by Crippen LogP contribution is -2.32. The minimum absolute atomic E-state index is 0.0634. The van der Waals surface area contributed by atoms with Gasteiger partial charge in [0.15, 0.2) is 0 Å².